The fourth-order valence-corrected chi connectivity index (χ4v) is 5.53. The molecule has 1 aromatic rings. The number of anilines is 1. The highest BCUT2D eigenvalue weighted by Gasteiger charge is 2.57. The smallest absolute Gasteiger partial charge is 0.326 e. The number of rotatable bonds is 2. The zero-order valence-corrected chi connectivity index (χ0v) is 15.8. The van der Waals surface area contributed by atoms with Crippen LogP contribution < -0.4 is 14.2 Å². The van der Waals surface area contributed by atoms with Gasteiger partial charge in [-0.2, -0.15) is 21.1 Å². The molecule has 0 radical (unpaired) electrons. The minimum Gasteiger partial charge on any atom is -0.506 e. The predicted octanol–water partition coefficient (Wildman–Crippen LogP) is -1.55. The van der Waals surface area contributed by atoms with E-state index in [4.69, 9.17) is 5.14 Å². The molecule has 1 amide bonds. The fraction of sp³-hybridized carbons (Fsp3) is 0.400. The van der Waals surface area contributed by atoms with Crippen molar-refractivity contribution in [2.45, 2.75) is 0 Å². The van der Waals surface area contributed by atoms with Crippen LogP contribution in [-0.2, 0) is 25.2 Å². The van der Waals surface area contributed by atoms with Crippen LogP contribution in [0.3, 0.4) is 0 Å². The van der Waals surface area contributed by atoms with Crippen LogP contribution in [-0.4, -0.2) is 51.8 Å². The number of phenolic OH excluding ortho intramolecular Hbond substituents is 1. The predicted molar refractivity (Wildman–Crippen MR) is 94.5 cm³/mol. The van der Waals surface area contributed by atoms with Gasteiger partial charge in [-0.05, 0) is 24.0 Å². The highest BCUT2D eigenvalue weighted by Crippen LogP contribution is 2.51. The number of carbonyl (C=O) groups is 1. The van der Waals surface area contributed by atoms with E-state index < -0.39 is 50.1 Å². The van der Waals surface area contributed by atoms with Crippen LogP contribution in [0.5, 0.6) is 5.75 Å². The average molecular weight is 430 g/mol. The third kappa shape index (κ3) is 3.08. The molecule has 3 atom stereocenters. The number of nitrogens with one attached hydrogen (secondary N) is 1. The number of fused-ring (bicyclic) bond motifs is 1. The third-order valence-corrected chi connectivity index (χ3v) is 7.45. The van der Waals surface area contributed by atoms with E-state index in [0.717, 1.165) is 6.07 Å². The van der Waals surface area contributed by atoms with Crippen LogP contribution >= 0.6 is 0 Å². The van der Waals surface area contributed by atoms with E-state index in [-0.39, 0.29) is 36.4 Å². The molecule has 13 heteroatoms. The van der Waals surface area contributed by atoms with Gasteiger partial charge in [-0.1, -0.05) is 11.8 Å². The van der Waals surface area contributed by atoms with Gasteiger partial charge in [0.1, 0.15) is 18.0 Å². The lowest BCUT2D eigenvalue weighted by Crippen LogP contribution is -2.36. The van der Waals surface area contributed by atoms with E-state index in [0.29, 0.717) is 4.31 Å². The first-order valence-electron chi connectivity index (χ1n) is 8.13. The number of benzene rings is 1. The topological polar surface area (TPSA) is 150 Å². The molecule has 1 aromatic carbocycles. The summed E-state index contributed by atoms with van der Waals surface area (Å²) < 4.78 is 64.6. The van der Waals surface area contributed by atoms with Crippen LogP contribution in [0.25, 0.3) is 0 Å². The molecule has 4 rings (SSSR count). The number of carbonyl (C=O) groups excluding carboxylic acids is 1. The molecule has 150 valence electrons. The number of amides is 1. The van der Waals surface area contributed by atoms with Crippen molar-refractivity contribution in [3.63, 3.8) is 0 Å². The summed E-state index contributed by atoms with van der Waals surface area (Å²) in [4.78, 5) is 11.4. The molecule has 0 spiro atoms. The Labute approximate surface area is 160 Å². The van der Waals surface area contributed by atoms with E-state index >= 15 is 0 Å². The lowest BCUT2D eigenvalue weighted by molar-refractivity contribution is -0.117. The van der Waals surface area contributed by atoms with E-state index in [2.05, 4.69) is 11.8 Å². The summed E-state index contributed by atoms with van der Waals surface area (Å²) in [5.74, 6) is 2.86. The molecule has 1 unspecified atom stereocenters. The Kier molecular flexibility index (Phi) is 4.09. The number of halogens is 1. The van der Waals surface area contributed by atoms with Crippen molar-refractivity contribution in [2.24, 2.45) is 22.9 Å². The summed E-state index contributed by atoms with van der Waals surface area (Å²) in [6.45, 7) is -0.141. The Morgan fingerprint density at radius 2 is 1.93 bits per heavy atom. The molecular weight excluding hydrogens is 415 g/mol. The molecule has 2 heterocycles. The summed E-state index contributed by atoms with van der Waals surface area (Å²) in [6.07, 6.45) is 0. The number of nitrogens with two attached hydrogens (primary N) is 1. The Bertz CT molecular complexity index is 1140. The number of nitrogens with zero attached hydrogens (tertiary/aromatic N) is 2. The lowest BCUT2D eigenvalue weighted by atomic mass is 10.1. The minimum absolute atomic E-state index is 0.0197. The Morgan fingerprint density at radius 1 is 1.29 bits per heavy atom. The van der Waals surface area contributed by atoms with Crippen molar-refractivity contribution in [2.75, 3.05) is 23.9 Å². The van der Waals surface area contributed by atoms with Crippen molar-refractivity contribution >= 4 is 32.0 Å². The molecule has 10 nitrogen and oxygen atoms in total. The van der Waals surface area contributed by atoms with Crippen molar-refractivity contribution in [1.29, 1.82) is 0 Å². The van der Waals surface area contributed by atoms with Gasteiger partial charge in [-0.25, -0.2) is 18.6 Å². The normalized spacial score (nSPS) is 28.4. The van der Waals surface area contributed by atoms with Gasteiger partial charge in [0.2, 0.25) is 0 Å². The standard InChI is InChI=1S/C15H15FN4O6S2/c16-14-8(1-3-9-10-5-19(6-11(9)10)27(17,23)24)2-4-12(21)15(14)20-7-13(22)18-28(20,25)26/h2,4,9-11,21H,5-7H2,(H,18,22)(H2,17,23,24)/t9?,10-,11+. The zero-order chi connectivity index (χ0) is 20.4. The minimum atomic E-state index is -4.29. The number of hydrogen-bond acceptors (Lipinski definition) is 6. The first kappa shape index (κ1) is 18.9. The Morgan fingerprint density at radius 3 is 2.46 bits per heavy atom. The second kappa shape index (κ2) is 6.05. The van der Waals surface area contributed by atoms with Crippen molar-refractivity contribution in [3.05, 3.63) is 23.5 Å². The van der Waals surface area contributed by atoms with E-state index in [9.17, 15) is 31.1 Å². The zero-order valence-electron chi connectivity index (χ0n) is 14.2. The molecule has 2 aliphatic heterocycles. The van der Waals surface area contributed by atoms with Crippen molar-refractivity contribution < 1.29 is 31.1 Å². The SMILES string of the molecule is NS(=O)(=O)N1C[C@@H]2C(C#Cc3ccc(O)c(N4CC(=O)NS4(=O)=O)c3F)[C@@H]2C1. The molecule has 28 heavy (non-hydrogen) atoms. The molecule has 1 saturated carbocycles. The van der Waals surface area contributed by atoms with Gasteiger partial charge in [0.15, 0.2) is 5.82 Å². The molecule has 4 N–H and O–H groups in total. The van der Waals surface area contributed by atoms with E-state index in [1.807, 2.05) is 0 Å². The summed E-state index contributed by atoms with van der Waals surface area (Å²) in [5.41, 5.74) is -0.794. The average Bonchev–Trinajstić information content (AvgIpc) is 2.89. The number of hydrogen-bond donors (Lipinski definition) is 3. The second-order valence-electron chi connectivity index (χ2n) is 6.82. The van der Waals surface area contributed by atoms with Gasteiger partial charge in [0.25, 0.3) is 16.1 Å². The summed E-state index contributed by atoms with van der Waals surface area (Å²) in [7, 11) is -8.03. The van der Waals surface area contributed by atoms with Crippen LogP contribution in [0.1, 0.15) is 5.56 Å². The van der Waals surface area contributed by atoms with Crippen molar-refractivity contribution in [1.82, 2.24) is 9.03 Å². The first-order chi connectivity index (χ1) is 13.0. The van der Waals surface area contributed by atoms with Crippen LogP contribution in [0, 0.1) is 35.4 Å². The molecule has 0 bridgehead atoms. The van der Waals surface area contributed by atoms with E-state index in [1.54, 1.807) is 4.72 Å². The van der Waals surface area contributed by atoms with Crippen LogP contribution in [0.2, 0.25) is 0 Å². The van der Waals surface area contributed by atoms with Gasteiger partial charge in [-0.15, -0.1) is 0 Å². The third-order valence-electron chi connectivity index (χ3n) is 5.06. The molecular formula is C15H15FN4O6S2. The highest BCUT2D eigenvalue weighted by molar-refractivity contribution is 7.92. The quantitative estimate of drug-likeness (QED) is 0.483. The van der Waals surface area contributed by atoms with Gasteiger partial charge < -0.3 is 5.11 Å². The highest BCUT2D eigenvalue weighted by atomic mass is 32.2. The molecule has 3 aliphatic rings. The molecule has 1 aliphatic carbocycles. The maximum absolute atomic E-state index is 14.8. The Hall–Kier alpha value is -2.40. The van der Waals surface area contributed by atoms with Crippen LogP contribution in [0.4, 0.5) is 10.1 Å². The largest absolute Gasteiger partial charge is 0.506 e. The summed E-state index contributed by atoms with van der Waals surface area (Å²) in [6, 6.07) is 2.30. The maximum Gasteiger partial charge on any atom is 0.326 e. The van der Waals surface area contributed by atoms with Crippen molar-refractivity contribution in [3.8, 4) is 17.6 Å². The summed E-state index contributed by atoms with van der Waals surface area (Å²) >= 11 is 0. The number of aromatic hydroxyl groups is 1. The number of phenols is 1. The molecule has 3 fully saturated rings. The second-order valence-corrected chi connectivity index (χ2v) is 9.96. The van der Waals surface area contributed by atoms with Gasteiger partial charge in [0.05, 0.1) is 5.56 Å². The monoisotopic (exact) mass is 430 g/mol. The van der Waals surface area contributed by atoms with Gasteiger partial charge in [-0.3, -0.25) is 4.79 Å². The molecule has 0 aromatic heterocycles. The first-order valence-corrected chi connectivity index (χ1v) is 11.1. The number of piperidine rings is 1. The lowest BCUT2D eigenvalue weighted by Gasteiger charge is -2.17. The molecule has 2 saturated heterocycles. The fourth-order valence-electron chi connectivity index (χ4n) is 3.60. The van der Waals surface area contributed by atoms with Gasteiger partial charge in [0, 0.05) is 19.0 Å². The summed E-state index contributed by atoms with van der Waals surface area (Å²) in [5, 5.41) is 15.0. The van der Waals surface area contributed by atoms with E-state index in [1.165, 1.54) is 10.4 Å². The van der Waals surface area contributed by atoms with Gasteiger partial charge >= 0.3 is 10.2 Å². The maximum atomic E-state index is 14.8. The van der Waals surface area contributed by atoms with Crippen LogP contribution in [0.15, 0.2) is 12.1 Å². The Balaban J connectivity index is 1.58.